The van der Waals surface area contributed by atoms with Crippen molar-refractivity contribution in [3.05, 3.63) is 41.0 Å². The first-order valence-electron chi connectivity index (χ1n) is 4.97. The Morgan fingerprint density at radius 2 is 1.93 bits per heavy atom. The van der Waals surface area contributed by atoms with Crippen LogP contribution in [0.1, 0.15) is 23.7 Å². The molecule has 78 valence electrons. The Kier molecular flexibility index (Phi) is 2.84. The molecule has 0 spiro atoms. The van der Waals surface area contributed by atoms with Crippen LogP contribution in [-0.2, 0) is 0 Å². The molecule has 0 bridgehead atoms. The topological polar surface area (TPSA) is 38.9 Å². The molecule has 1 aromatic heterocycles. The predicted molar refractivity (Wildman–Crippen MR) is 64.9 cm³/mol. The van der Waals surface area contributed by atoms with Gasteiger partial charge in [-0.3, -0.25) is 0 Å². The summed E-state index contributed by atoms with van der Waals surface area (Å²) in [5.74, 6) is 0. The first-order chi connectivity index (χ1) is 7.18. The molecule has 0 aliphatic heterocycles. The molecule has 0 radical (unpaired) electrons. The molecule has 15 heavy (non-hydrogen) atoms. The van der Waals surface area contributed by atoms with Gasteiger partial charge in [-0.1, -0.05) is 30.3 Å². The van der Waals surface area contributed by atoms with Crippen molar-refractivity contribution in [3.63, 3.8) is 0 Å². The first kappa shape index (κ1) is 10.3. The molecule has 1 unspecified atom stereocenters. The van der Waals surface area contributed by atoms with Crippen molar-refractivity contribution in [1.82, 2.24) is 4.98 Å². The quantitative estimate of drug-likeness (QED) is 0.841. The molecule has 0 fully saturated rings. The lowest BCUT2D eigenvalue weighted by molar-refractivity contribution is 0.803. The number of thiazole rings is 1. The molecule has 0 aliphatic carbocycles. The molecule has 2 rings (SSSR count). The molecule has 0 saturated carbocycles. The fourth-order valence-electron chi connectivity index (χ4n) is 1.47. The molecule has 0 aliphatic rings. The highest BCUT2D eigenvalue weighted by atomic mass is 32.1. The standard InChI is InChI=1S/C12H14N2S/c1-8(13)12-14-9(2)11(15-12)10-6-4-3-5-7-10/h3-8H,13H2,1-2H3. The lowest BCUT2D eigenvalue weighted by Gasteiger charge is -1.97. The highest BCUT2D eigenvalue weighted by molar-refractivity contribution is 7.15. The fraction of sp³-hybridized carbons (Fsp3) is 0.250. The van der Waals surface area contributed by atoms with Crippen LogP contribution in [0.15, 0.2) is 30.3 Å². The molecule has 2 nitrogen and oxygen atoms in total. The average Bonchev–Trinajstić information content (AvgIpc) is 2.62. The maximum atomic E-state index is 5.82. The van der Waals surface area contributed by atoms with E-state index in [1.165, 1.54) is 10.4 Å². The van der Waals surface area contributed by atoms with E-state index in [0.29, 0.717) is 0 Å². The highest BCUT2D eigenvalue weighted by Gasteiger charge is 2.11. The zero-order valence-electron chi connectivity index (χ0n) is 8.90. The van der Waals surface area contributed by atoms with E-state index in [-0.39, 0.29) is 6.04 Å². The van der Waals surface area contributed by atoms with Crippen molar-refractivity contribution in [3.8, 4) is 10.4 Å². The number of benzene rings is 1. The lowest BCUT2D eigenvalue weighted by Crippen LogP contribution is -2.03. The van der Waals surface area contributed by atoms with Gasteiger partial charge >= 0.3 is 0 Å². The average molecular weight is 218 g/mol. The third-order valence-electron chi connectivity index (χ3n) is 2.24. The number of hydrogen-bond donors (Lipinski definition) is 1. The Balaban J connectivity index is 2.45. The van der Waals surface area contributed by atoms with Gasteiger partial charge < -0.3 is 5.73 Å². The lowest BCUT2D eigenvalue weighted by atomic mass is 10.2. The van der Waals surface area contributed by atoms with Crippen LogP contribution in [0.5, 0.6) is 0 Å². The molecule has 2 aromatic rings. The van der Waals surface area contributed by atoms with Crippen LogP contribution in [0.25, 0.3) is 10.4 Å². The summed E-state index contributed by atoms with van der Waals surface area (Å²) in [6.45, 7) is 4.00. The number of aryl methyl sites for hydroxylation is 1. The zero-order chi connectivity index (χ0) is 10.8. The van der Waals surface area contributed by atoms with E-state index >= 15 is 0 Å². The van der Waals surface area contributed by atoms with Gasteiger partial charge in [0.15, 0.2) is 0 Å². The van der Waals surface area contributed by atoms with Gasteiger partial charge in [0, 0.05) is 0 Å². The molecule has 1 aromatic carbocycles. The van der Waals surface area contributed by atoms with Gasteiger partial charge in [-0.15, -0.1) is 11.3 Å². The Bertz CT molecular complexity index is 446. The summed E-state index contributed by atoms with van der Waals surface area (Å²) in [6, 6.07) is 10.3. The summed E-state index contributed by atoms with van der Waals surface area (Å²) >= 11 is 1.68. The van der Waals surface area contributed by atoms with Gasteiger partial charge in [0.25, 0.3) is 0 Å². The number of nitrogens with zero attached hydrogens (tertiary/aromatic N) is 1. The van der Waals surface area contributed by atoms with E-state index in [1.807, 2.05) is 32.0 Å². The maximum Gasteiger partial charge on any atom is 0.110 e. The van der Waals surface area contributed by atoms with Crippen LogP contribution in [0.4, 0.5) is 0 Å². The molecule has 3 heteroatoms. The number of rotatable bonds is 2. The summed E-state index contributed by atoms with van der Waals surface area (Å²) in [4.78, 5) is 5.70. The first-order valence-corrected chi connectivity index (χ1v) is 5.78. The largest absolute Gasteiger partial charge is 0.322 e. The van der Waals surface area contributed by atoms with Crippen molar-refractivity contribution < 1.29 is 0 Å². The van der Waals surface area contributed by atoms with Crippen molar-refractivity contribution in [1.29, 1.82) is 0 Å². The smallest absolute Gasteiger partial charge is 0.110 e. The van der Waals surface area contributed by atoms with Gasteiger partial charge in [-0.25, -0.2) is 4.98 Å². The summed E-state index contributed by atoms with van der Waals surface area (Å²) in [7, 11) is 0. The van der Waals surface area contributed by atoms with Gasteiger partial charge in [-0.2, -0.15) is 0 Å². The Hall–Kier alpha value is -1.19. The van der Waals surface area contributed by atoms with E-state index in [1.54, 1.807) is 11.3 Å². The van der Waals surface area contributed by atoms with Crippen molar-refractivity contribution >= 4 is 11.3 Å². The van der Waals surface area contributed by atoms with Crippen molar-refractivity contribution in [2.45, 2.75) is 19.9 Å². The summed E-state index contributed by atoms with van der Waals surface area (Å²) < 4.78 is 0. The van der Waals surface area contributed by atoms with Gasteiger partial charge in [0.1, 0.15) is 5.01 Å². The number of aromatic nitrogens is 1. The Morgan fingerprint density at radius 1 is 1.27 bits per heavy atom. The van der Waals surface area contributed by atoms with Crippen LogP contribution in [0.3, 0.4) is 0 Å². The molecule has 0 amide bonds. The Labute approximate surface area is 93.8 Å². The van der Waals surface area contributed by atoms with Crippen LogP contribution in [0, 0.1) is 6.92 Å². The van der Waals surface area contributed by atoms with Crippen LogP contribution in [0.2, 0.25) is 0 Å². The second-order valence-electron chi connectivity index (χ2n) is 3.62. The second kappa shape index (κ2) is 4.13. The van der Waals surface area contributed by atoms with Crippen molar-refractivity contribution in [2.24, 2.45) is 5.73 Å². The van der Waals surface area contributed by atoms with E-state index < -0.39 is 0 Å². The van der Waals surface area contributed by atoms with Crippen molar-refractivity contribution in [2.75, 3.05) is 0 Å². The molecule has 2 N–H and O–H groups in total. The fourth-order valence-corrected chi connectivity index (χ4v) is 2.49. The third-order valence-corrected chi connectivity index (χ3v) is 3.65. The predicted octanol–water partition coefficient (Wildman–Crippen LogP) is 3.14. The SMILES string of the molecule is Cc1nc(C(C)N)sc1-c1ccccc1. The monoisotopic (exact) mass is 218 g/mol. The second-order valence-corrected chi connectivity index (χ2v) is 4.65. The van der Waals surface area contributed by atoms with E-state index in [0.717, 1.165) is 10.7 Å². The minimum Gasteiger partial charge on any atom is -0.322 e. The molecule has 0 saturated heterocycles. The van der Waals surface area contributed by atoms with E-state index in [2.05, 4.69) is 17.1 Å². The molecular weight excluding hydrogens is 204 g/mol. The minimum atomic E-state index is 0.0196. The molecule has 1 atom stereocenters. The Morgan fingerprint density at radius 3 is 2.47 bits per heavy atom. The van der Waals surface area contributed by atoms with Crippen LogP contribution in [-0.4, -0.2) is 4.98 Å². The number of hydrogen-bond acceptors (Lipinski definition) is 3. The van der Waals surface area contributed by atoms with Crippen LogP contribution >= 0.6 is 11.3 Å². The van der Waals surface area contributed by atoms with E-state index in [9.17, 15) is 0 Å². The third kappa shape index (κ3) is 2.08. The number of nitrogens with two attached hydrogens (primary N) is 1. The van der Waals surface area contributed by atoms with Gasteiger partial charge in [0.05, 0.1) is 16.6 Å². The minimum absolute atomic E-state index is 0.0196. The zero-order valence-corrected chi connectivity index (χ0v) is 9.71. The van der Waals surface area contributed by atoms with Gasteiger partial charge in [0.2, 0.25) is 0 Å². The molecular formula is C12H14N2S. The normalized spacial score (nSPS) is 12.7. The highest BCUT2D eigenvalue weighted by Crippen LogP contribution is 2.31. The molecule has 1 heterocycles. The summed E-state index contributed by atoms with van der Waals surface area (Å²) in [5.41, 5.74) is 8.11. The van der Waals surface area contributed by atoms with Crippen LogP contribution < -0.4 is 5.73 Å². The van der Waals surface area contributed by atoms with Gasteiger partial charge in [-0.05, 0) is 19.4 Å². The summed E-state index contributed by atoms with van der Waals surface area (Å²) in [6.07, 6.45) is 0. The summed E-state index contributed by atoms with van der Waals surface area (Å²) in [5, 5.41) is 1.01. The van der Waals surface area contributed by atoms with E-state index in [4.69, 9.17) is 5.73 Å². The maximum absolute atomic E-state index is 5.82.